The molecule has 0 aliphatic carbocycles. The van der Waals surface area contributed by atoms with Crippen LogP contribution in [-0.4, -0.2) is 52.0 Å². The van der Waals surface area contributed by atoms with Gasteiger partial charge in [-0.05, 0) is 24.8 Å². The van der Waals surface area contributed by atoms with Gasteiger partial charge in [0.15, 0.2) is 5.82 Å². The van der Waals surface area contributed by atoms with E-state index in [0.717, 1.165) is 38.2 Å². The molecule has 1 aromatic heterocycles. The highest BCUT2D eigenvalue weighted by Gasteiger charge is 2.20. The maximum absolute atomic E-state index is 12.2. The molecule has 0 bridgehead atoms. The first kappa shape index (κ1) is 17.4. The van der Waals surface area contributed by atoms with E-state index in [-0.39, 0.29) is 12.1 Å². The number of benzene rings is 1. The number of hydrogen-bond acceptors (Lipinski definition) is 4. The second kappa shape index (κ2) is 8.62. The maximum Gasteiger partial charge on any atom is 0.317 e. The lowest BCUT2D eigenvalue weighted by Crippen LogP contribution is -2.41. The summed E-state index contributed by atoms with van der Waals surface area (Å²) in [6, 6.07) is 10.2. The van der Waals surface area contributed by atoms with Crippen molar-refractivity contribution in [3.8, 4) is 0 Å². The monoisotopic (exact) mass is 343 g/mol. The van der Waals surface area contributed by atoms with E-state index >= 15 is 0 Å². The number of nitrogens with zero attached hydrogens (tertiary/aromatic N) is 4. The van der Waals surface area contributed by atoms with Gasteiger partial charge in [0.1, 0.15) is 6.33 Å². The molecule has 2 heterocycles. The Kier molecular flexibility index (Phi) is 6.00. The first-order valence-corrected chi connectivity index (χ1v) is 8.73. The van der Waals surface area contributed by atoms with E-state index < -0.39 is 0 Å². The zero-order chi connectivity index (χ0) is 17.5. The number of nitrogens with one attached hydrogen (secondary N) is 1. The first-order valence-electron chi connectivity index (χ1n) is 8.73. The number of hydrogen-bond donors (Lipinski definition) is 1. The molecule has 1 saturated heterocycles. The first-order chi connectivity index (χ1) is 12.2. The van der Waals surface area contributed by atoms with Crippen LogP contribution >= 0.6 is 0 Å². The van der Waals surface area contributed by atoms with Crippen molar-refractivity contribution in [2.45, 2.75) is 38.5 Å². The van der Waals surface area contributed by atoms with Crippen LogP contribution in [0, 0.1) is 0 Å². The predicted molar refractivity (Wildman–Crippen MR) is 94.0 cm³/mol. The molecule has 1 N–H and O–H groups in total. The Labute approximate surface area is 148 Å². The molecule has 2 amide bonds. The third kappa shape index (κ3) is 5.03. The smallest absolute Gasteiger partial charge is 0.317 e. The number of urea groups is 1. The fraction of sp³-hybridized carbons (Fsp3) is 0.500. The average molecular weight is 343 g/mol. The molecule has 3 rings (SSSR count). The normalized spacial score (nSPS) is 16.8. The Balaban J connectivity index is 1.46. The molecule has 1 aliphatic rings. The van der Waals surface area contributed by atoms with Crippen LogP contribution in [0.1, 0.15) is 24.2 Å². The Morgan fingerprint density at radius 3 is 3.00 bits per heavy atom. The topological polar surface area (TPSA) is 72.3 Å². The van der Waals surface area contributed by atoms with Gasteiger partial charge in [0.25, 0.3) is 0 Å². The number of ether oxygens (including phenoxy) is 1. The van der Waals surface area contributed by atoms with Crippen LogP contribution in [0.15, 0.2) is 36.7 Å². The summed E-state index contributed by atoms with van der Waals surface area (Å²) in [5, 5.41) is 11.0. The van der Waals surface area contributed by atoms with Gasteiger partial charge < -0.3 is 19.5 Å². The van der Waals surface area contributed by atoms with Crippen LogP contribution in [0.25, 0.3) is 0 Å². The van der Waals surface area contributed by atoms with Crippen LogP contribution in [-0.2, 0) is 24.2 Å². The average Bonchev–Trinajstić information content (AvgIpc) is 3.30. The minimum absolute atomic E-state index is 0.117. The second-order valence-corrected chi connectivity index (χ2v) is 6.35. The fourth-order valence-electron chi connectivity index (χ4n) is 2.96. The molecule has 0 radical (unpaired) electrons. The summed E-state index contributed by atoms with van der Waals surface area (Å²) in [7, 11) is 1.79. The molecule has 2 aromatic rings. The minimum atomic E-state index is -0.117. The largest absolute Gasteiger partial charge is 0.376 e. The van der Waals surface area contributed by atoms with Gasteiger partial charge in [-0.1, -0.05) is 30.3 Å². The SMILES string of the molecule is CN(C[C@H]1CCCO1)C(=O)NCc1nncn1CCc1ccccc1. The summed E-state index contributed by atoms with van der Waals surface area (Å²) in [6.45, 7) is 2.56. The second-order valence-electron chi connectivity index (χ2n) is 6.35. The van der Waals surface area contributed by atoms with Crippen molar-refractivity contribution in [1.29, 1.82) is 0 Å². The quantitative estimate of drug-likeness (QED) is 0.833. The molecule has 1 aromatic carbocycles. The third-order valence-corrected chi connectivity index (χ3v) is 4.43. The van der Waals surface area contributed by atoms with Gasteiger partial charge in [0.2, 0.25) is 0 Å². The number of aryl methyl sites for hydroxylation is 2. The number of carbonyl (C=O) groups excluding carboxylic acids is 1. The highest BCUT2D eigenvalue weighted by Crippen LogP contribution is 2.12. The Bertz CT molecular complexity index is 667. The highest BCUT2D eigenvalue weighted by atomic mass is 16.5. The van der Waals surface area contributed by atoms with Crippen molar-refractivity contribution < 1.29 is 9.53 Å². The zero-order valence-corrected chi connectivity index (χ0v) is 14.6. The van der Waals surface area contributed by atoms with Gasteiger partial charge in [0, 0.05) is 26.7 Å². The van der Waals surface area contributed by atoms with Crippen molar-refractivity contribution in [1.82, 2.24) is 25.0 Å². The number of carbonyl (C=O) groups is 1. The van der Waals surface area contributed by atoms with Gasteiger partial charge in [-0.25, -0.2) is 4.79 Å². The molecular weight excluding hydrogens is 318 g/mol. The molecule has 134 valence electrons. The highest BCUT2D eigenvalue weighted by molar-refractivity contribution is 5.73. The summed E-state index contributed by atoms with van der Waals surface area (Å²) in [5.41, 5.74) is 1.27. The molecule has 1 aliphatic heterocycles. The lowest BCUT2D eigenvalue weighted by atomic mass is 10.1. The summed E-state index contributed by atoms with van der Waals surface area (Å²) in [4.78, 5) is 13.9. The molecule has 0 unspecified atom stereocenters. The molecule has 25 heavy (non-hydrogen) atoms. The van der Waals surface area contributed by atoms with Crippen molar-refractivity contribution in [2.24, 2.45) is 0 Å². The number of amides is 2. The van der Waals surface area contributed by atoms with Crippen LogP contribution in [0.4, 0.5) is 4.79 Å². The molecular formula is C18H25N5O2. The lowest BCUT2D eigenvalue weighted by Gasteiger charge is -2.21. The Morgan fingerprint density at radius 2 is 2.24 bits per heavy atom. The van der Waals surface area contributed by atoms with E-state index in [4.69, 9.17) is 4.74 Å². The van der Waals surface area contributed by atoms with Crippen LogP contribution in [0.3, 0.4) is 0 Å². The van der Waals surface area contributed by atoms with E-state index in [9.17, 15) is 4.79 Å². The van der Waals surface area contributed by atoms with Crippen molar-refractivity contribution in [2.75, 3.05) is 20.2 Å². The summed E-state index contributed by atoms with van der Waals surface area (Å²) in [6.07, 6.45) is 4.86. The summed E-state index contributed by atoms with van der Waals surface area (Å²) in [5.74, 6) is 0.759. The van der Waals surface area contributed by atoms with Crippen molar-refractivity contribution in [3.05, 3.63) is 48.0 Å². The molecule has 0 saturated carbocycles. The van der Waals surface area contributed by atoms with Gasteiger partial charge >= 0.3 is 6.03 Å². The molecule has 7 nitrogen and oxygen atoms in total. The van der Waals surface area contributed by atoms with Crippen molar-refractivity contribution in [3.63, 3.8) is 0 Å². The van der Waals surface area contributed by atoms with Crippen molar-refractivity contribution >= 4 is 6.03 Å². The molecule has 7 heteroatoms. The molecule has 0 spiro atoms. The number of likely N-dealkylation sites (N-methyl/N-ethyl adjacent to an activating group) is 1. The molecule has 1 atom stereocenters. The van der Waals surface area contributed by atoms with Crippen LogP contribution < -0.4 is 5.32 Å². The van der Waals surface area contributed by atoms with Gasteiger partial charge in [-0.2, -0.15) is 0 Å². The summed E-state index contributed by atoms with van der Waals surface area (Å²) < 4.78 is 7.55. The van der Waals surface area contributed by atoms with Crippen LogP contribution in [0.2, 0.25) is 0 Å². The lowest BCUT2D eigenvalue weighted by molar-refractivity contribution is 0.0874. The predicted octanol–water partition coefficient (Wildman–Crippen LogP) is 1.84. The minimum Gasteiger partial charge on any atom is -0.376 e. The van der Waals surface area contributed by atoms with Gasteiger partial charge in [-0.3, -0.25) is 0 Å². The van der Waals surface area contributed by atoms with Gasteiger partial charge in [0.05, 0.1) is 12.6 Å². The van der Waals surface area contributed by atoms with Gasteiger partial charge in [-0.15, -0.1) is 10.2 Å². The van der Waals surface area contributed by atoms with E-state index in [2.05, 4.69) is 27.6 Å². The van der Waals surface area contributed by atoms with E-state index in [1.54, 1.807) is 18.3 Å². The fourth-order valence-corrected chi connectivity index (χ4v) is 2.96. The standard InChI is InChI=1S/C18H25N5O2/c1-22(13-16-8-5-11-25-16)18(24)19-12-17-21-20-14-23(17)10-9-15-6-3-2-4-7-15/h2-4,6-7,14,16H,5,8-13H2,1H3,(H,19,24)/t16-/m1/s1. The van der Waals surface area contributed by atoms with Crippen LogP contribution in [0.5, 0.6) is 0 Å². The third-order valence-electron chi connectivity index (χ3n) is 4.43. The number of aromatic nitrogens is 3. The van der Waals surface area contributed by atoms with E-state index in [0.29, 0.717) is 13.1 Å². The van der Waals surface area contributed by atoms with E-state index in [1.165, 1.54) is 5.56 Å². The molecule has 1 fully saturated rings. The Morgan fingerprint density at radius 1 is 1.40 bits per heavy atom. The summed E-state index contributed by atoms with van der Waals surface area (Å²) >= 11 is 0. The zero-order valence-electron chi connectivity index (χ0n) is 14.6. The Hall–Kier alpha value is -2.41. The number of rotatable bonds is 7. The van der Waals surface area contributed by atoms with E-state index in [1.807, 2.05) is 22.8 Å². The maximum atomic E-state index is 12.2.